The Morgan fingerprint density at radius 3 is 2.39 bits per heavy atom. The average Bonchev–Trinajstić information content (AvgIpc) is 2.54. The average molecular weight is 326 g/mol. The molecule has 2 rings (SSSR count). The van der Waals surface area contributed by atoms with Crippen LogP contribution >= 0.6 is 0 Å². The van der Waals surface area contributed by atoms with E-state index < -0.39 is 34.0 Å². The highest BCUT2D eigenvalue weighted by Crippen LogP contribution is 2.28. The molecular weight excluding hydrogens is 317 g/mol. The van der Waals surface area contributed by atoms with E-state index in [9.17, 15) is 28.1 Å². The Balaban J connectivity index is 2.49. The minimum atomic E-state index is -1.68. The Morgan fingerprint density at radius 1 is 1.13 bits per heavy atom. The van der Waals surface area contributed by atoms with Crippen LogP contribution in [0.1, 0.15) is 10.4 Å². The Bertz CT molecular complexity index is 796. The summed E-state index contributed by atoms with van der Waals surface area (Å²) in [6.45, 7) is 0. The number of methoxy groups -OCH3 is 1. The van der Waals surface area contributed by atoms with Crippen LogP contribution in [-0.2, 0) is 4.74 Å². The van der Waals surface area contributed by atoms with Crippen molar-refractivity contribution in [3.05, 3.63) is 63.5 Å². The number of anilines is 2. The van der Waals surface area contributed by atoms with Gasteiger partial charge in [0.15, 0.2) is 17.5 Å². The second kappa shape index (κ2) is 6.34. The molecule has 0 spiro atoms. The van der Waals surface area contributed by atoms with Gasteiger partial charge in [-0.2, -0.15) is 0 Å². The van der Waals surface area contributed by atoms with E-state index in [1.54, 1.807) is 0 Å². The Morgan fingerprint density at radius 2 is 1.78 bits per heavy atom. The molecule has 0 saturated heterocycles. The molecule has 6 nitrogen and oxygen atoms in total. The lowest BCUT2D eigenvalue weighted by molar-refractivity contribution is -0.384. The van der Waals surface area contributed by atoms with Gasteiger partial charge in [-0.1, -0.05) is 0 Å². The summed E-state index contributed by atoms with van der Waals surface area (Å²) in [7, 11) is 1.06. The van der Waals surface area contributed by atoms with E-state index in [1.807, 2.05) is 0 Å². The fourth-order valence-corrected chi connectivity index (χ4v) is 1.80. The quantitative estimate of drug-likeness (QED) is 0.402. The van der Waals surface area contributed by atoms with Gasteiger partial charge in [0.05, 0.1) is 29.0 Å². The van der Waals surface area contributed by atoms with Crippen LogP contribution in [0.4, 0.5) is 30.2 Å². The molecule has 0 atom stereocenters. The van der Waals surface area contributed by atoms with Crippen LogP contribution in [0, 0.1) is 27.6 Å². The van der Waals surface area contributed by atoms with Gasteiger partial charge in [0.25, 0.3) is 5.69 Å². The minimum Gasteiger partial charge on any atom is -0.465 e. The van der Waals surface area contributed by atoms with Gasteiger partial charge >= 0.3 is 5.97 Å². The fraction of sp³-hybridized carbons (Fsp3) is 0.0714. The van der Waals surface area contributed by atoms with Crippen molar-refractivity contribution in [3.8, 4) is 0 Å². The van der Waals surface area contributed by atoms with Crippen LogP contribution in [0.25, 0.3) is 0 Å². The molecule has 0 aliphatic heterocycles. The number of esters is 1. The van der Waals surface area contributed by atoms with E-state index in [1.165, 1.54) is 0 Å². The Kier molecular flexibility index (Phi) is 4.49. The number of nitro groups is 1. The highest BCUT2D eigenvalue weighted by atomic mass is 19.2. The molecule has 0 amide bonds. The maximum absolute atomic E-state index is 13.7. The van der Waals surface area contributed by atoms with Crippen LogP contribution in [0.15, 0.2) is 30.3 Å². The number of non-ortho nitro benzene ring substituents is 1. The summed E-state index contributed by atoms with van der Waals surface area (Å²) in [6, 6.07) is 4.74. The van der Waals surface area contributed by atoms with Crippen molar-refractivity contribution >= 4 is 23.0 Å². The van der Waals surface area contributed by atoms with E-state index in [2.05, 4.69) is 10.1 Å². The molecule has 0 saturated carbocycles. The summed E-state index contributed by atoms with van der Waals surface area (Å²) >= 11 is 0. The van der Waals surface area contributed by atoms with Gasteiger partial charge in [-0.25, -0.2) is 18.0 Å². The van der Waals surface area contributed by atoms with E-state index in [0.29, 0.717) is 6.07 Å². The molecule has 0 heterocycles. The zero-order chi connectivity index (χ0) is 17.1. The van der Waals surface area contributed by atoms with Gasteiger partial charge in [-0.3, -0.25) is 10.1 Å². The topological polar surface area (TPSA) is 81.5 Å². The number of halogens is 3. The number of nitro benzene ring substituents is 1. The number of nitrogens with one attached hydrogen (secondary N) is 1. The normalized spacial score (nSPS) is 10.3. The standard InChI is InChI=1S/C14H9F3N2O4/c1-23-14(20)8-6-7(19(21)22)2-4-10(8)18-11-5-3-9(15)12(16)13(11)17/h2-6,18H,1H3. The molecule has 2 aromatic rings. The molecule has 0 unspecified atom stereocenters. The van der Waals surface area contributed by atoms with Crippen molar-refractivity contribution in [3.63, 3.8) is 0 Å². The molecule has 23 heavy (non-hydrogen) atoms. The minimum absolute atomic E-state index is 0.0626. The number of rotatable bonds is 4. The molecule has 0 radical (unpaired) electrons. The van der Waals surface area contributed by atoms with Crippen LogP contribution in [-0.4, -0.2) is 18.0 Å². The Hall–Kier alpha value is -3.10. The smallest absolute Gasteiger partial charge is 0.340 e. The summed E-state index contributed by atoms with van der Waals surface area (Å²) in [4.78, 5) is 21.7. The monoisotopic (exact) mass is 326 g/mol. The SMILES string of the molecule is COC(=O)c1cc([N+](=O)[O-])ccc1Nc1ccc(F)c(F)c1F. The van der Waals surface area contributed by atoms with Crippen molar-refractivity contribution in [2.24, 2.45) is 0 Å². The third kappa shape index (κ3) is 3.23. The molecule has 0 bridgehead atoms. The van der Waals surface area contributed by atoms with Gasteiger partial charge in [0, 0.05) is 12.1 Å². The van der Waals surface area contributed by atoms with Gasteiger partial charge in [0.1, 0.15) is 0 Å². The lowest BCUT2D eigenvalue weighted by Crippen LogP contribution is -2.08. The molecule has 1 N–H and O–H groups in total. The third-order valence-electron chi connectivity index (χ3n) is 2.92. The summed E-state index contributed by atoms with van der Waals surface area (Å²) in [5.41, 5.74) is -1.15. The molecule has 120 valence electrons. The largest absolute Gasteiger partial charge is 0.465 e. The second-order valence-corrected chi connectivity index (χ2v) is 4.33. The number of hydrogen-bond donors (Lipinski definition) is 1. The predicted molar refractivity (Wildman–Crippen MR) is 74.0 cm³/mol. The van der Waals surface area contributed by atoms with Crippen molar-refractivity contribution in [2.75, 3.05) is 12.4 Å². The number of hydrogen-bond acceptors (Lipinski definition) is 5. The predicted octanol–water partition coefficient (Wildman–Crippen LogP) is 3.54. The third-order valence-corrected chi connectivity index (χ3v) is 2.92. The second-order valence-electron chi connectivity index (χ2n) is 4.33. The van der Waals surface area contributed by atoms with Crippen LogP contribution in [0.2, 0.25) is 0 Å². The van der Waals surface area contributed by atoms with E-state index in [-0.39, 0.29) is 16.9 Å². The van der Waals surface area contributed by atoms with Gasteiger partial charge in [-0.05, 0) is 18.2 Å². The van der Waals surface area contributed by atoms with Crippen LogP contribution < -0.4 is 5.32 Å². The maximum Gasteiger partial charge on any atom is 0.340 e. The summed E-state index contributed by atoms with van der Waals surface area (Å²) in [5, 5.41) is 13.1. The molecule has 9 heteroatoms. The van der Waals surface area contributed by atoms with Gasteiger partial charge in [0.2, 0.25) is 0 Å². The highest BCUT2D eigenvalue weighted by molar-refractivity contribution is 5.97. The Labute approximate surface area is 127 Å². The first kappa shape index (κ1) is 16.3. The lowest BCUT2D eigenvalue weighted by Gasteiger charge is -2.12. The molecule has 0 fully saturated rings. The number of nitrogens with zero attached hydrogens (tertiary/aromatic N) is 1. The molecule has 0 aliphatic rings. The maximum atomic E-state index is 13.7. The number of carbonyl (C=O) groups excluding carboxylic acids is 1. The first-order valence-electron chi connectivity index (χ1n) is 6.12. The zero-order valence-electron chi connectivity index (χ0n) is 11.6. The summed E-state index contributed by atoms with van der Waals surface area (Å²) in [5.74, 6) is -5.46. The lowest BCUT2D eigenvalue weighted by atomic mass is 10.1. The molecule has 2 aromatic carbocycles. The van der Waals surface area contributed by atoms with Crippen LogP contribution in [0.3, 0.4) is 0 Å². The summed E-state index contributed by atoms with van der Waals surface area (Å²) in [6.07, 6.45) is 0. The van der Waals surface area contributed by atoms with Gasteiger partial charge < -0.3 is 10.1 Å². The van der Waals surface area contributed by atoms with Crippen LogP contribution in [0.5, 0.6) is 0 Å². The van der Waals surface area contributed by atoms with Crippen molar-refractivity contribution in [1.82, 2.24) is 0 Å². The molecule has 0 aromatic heterocycles. The number of carbonyl (C=O) groups is 1. The first-order valence-corrected chi connectivity index (χ1v) is 6.12. The zero-order valence-corrected chi connectivity index (χ0v) is 11.6. The first-order chi connectivity index (χ1) is 10.8. The van der Waals surface area contributed by atoms with E-state index in [0.717, 1.165) is 31.4 Å². The number of ether oxygens (including phenoxy) is 1. The van der Waals surface area contributed by atoms with E-state index in [4.69, 9.17) is 0 Å². The van der Waals surface area contributed by atoms with Crippen molar-refractivity contribution in [1.29, 1.82) is 0 Å². The molecule has 0 aliphatic carbocycles. The number of benzene rings is 2. The van der Waals surface area contributed by atoms with Crippen molar-refractivity contribution in [2.45, 2.75) is 0 Å². The van der Waals surface area contributed by atoms with E-state index >= 15 is 0 Å². The highest BCUT2D eigenvalue weighted by Gasteiger charge is 2.20. The summed E-state index contributed by atoms with van der Waals surface area (Å²) < 4.78 is 44.3. The van der Waals surface area contributed by atoms with Gasteiger partial charge in [-0.15, -0.1) is 0 Å². The van der Waals surface area contributed by atoms with Crippen molar-refractivity contribution < 1.29 is 27.6 Å². The molecular formula is C14H9F3N2O4. The fourth-order valence-electron chi connectivity index (χ4n) is 1.80.